The highest BCUT2D eigenvalue weighted by Gasteiger charge is 2.47. The van der Waals surface area contributed by atoms with Crippen LogP contribution >= 0.6 is 11.8 Å². The monoisotopic (exact) mass is 1340 g/mol. The molecule has 0 aromatic rings. The normalized spacial score (nSPS) is 26.5. The van der Waals surface area contributed by atoms with E-state index in [1.165, 1.54) is 104 Å². The van der Waals surface area contributed by atoms with Gasteiger partial charge in [0.2, 0.25) is 65.0 Å². The summed E-state index contributed by atoms with van der Waals surface area (Å²) in [6, 6.07) is -15.0. The summed E-state index contributed by atoms with van der Waals surface area (Å²) in [7, 11) is 10.7. The summed E-state index contributed by atoms with van der Waals surface area (Å²) in [4.78, 5) is 184. The Morgan fingerprint density at radius 2 is 0.968 bits per heavy atom. The first-order chi connectivity index (χ1) is 42.9. The van der Waals surface area contributed by atoms with Crippen molar-refractivity contribution in [3.8, 4) is 0 Å². The van der Waals surface area contributed by atoms with Gasteiger partial charge in [0.25, 0.3) is 0 Å². The van der Waals surface area contributed by atoms with Gasteiger partial charge in [-0.3, -0.25) is 57.5 Å². The van der Waals surface area contributed by atoms with Gasteiger partial charge in [-0.05, 0) is 102 Å². The van der Waals surface area contributed by atoms with Gasteiger partial charge in [-0.15, -0.1) is 11.8 Å². The van der Waals surface area contributed by atoms with Crippen LogP contribution < -0.4 is 21.3 Å². The van der Waals surface area contributed by atoms with Crippen LogP contribution in [-0.2, 0) is 62.3 Å². The lowest BCUT2D eigenvalue weighted by Gasteiger charge is -2.41. The van der Waals surface area contributed by atoms with Crippen molar-refractivity contribution in [3.05, 3.63) is 12.2 Å². The predicted octanol–water partition coefficient (Wildman–Crippen LogP) is 2.66. The average Bonchev–Trinajstić information content (AvgIpc) is 0.826. The molecule has 0 saturated carbocycles. The summed E-state index contributed by atoms with van der Waals surface area (Å²) in [6.07, 6.45) is 2.04. The van der Waals surface area contributed by atoms with Gasteiger partial charge in [0, 0.05) is 61.5 Å². The molecule has 11 amide bonds. The van der Waals surface area contributed by atoms with Crippen molar-refractivity contribution < 1.29 is 72.5 Å². The molecule has 27 heteroatoms. The maximum Gasteiger partial charge on any atom is 0.315 e. The maximum absolute atomic E-state index is 15.3. The van der Waals surface area contributed by atoms with Crippen LogP contribution in [0.4, 0.5) is 0 Å². The van der Waals surface area contributed by atoms with Crippen molar-refractivity contribution >= 4 is 82.7 Å². The maximum atomic E-state index is 15.3. The van der Waals surface area contributed by atoms with Gasteiger partial charge >= 0.3 is 5.97 Å². The van der Waals surface area contributed by atoms with Crippen LogP contribution in [0.1, 0.15) is 156 Å². The number of nitrogens with one attached hydrogen (secondary N) is 4. The highest BCUT2D eigenvalue weighted by Crippen LogP contribution is 2.27. The molecule has 1 aliphatic heterocycles. The number of ether oxygens (including phenoxy) is 1. The van der Waals surface area contributed by atoms with E-state index in [1.807, 2.05) is 41.5 Å². The summed E-state index contributed by atoms with van der Waals surface area (Å²) in [5.41, 5.74) is -1.64. The number of carbonyl (C=O) groups is 12. The summed E-state index contributed by atoms with van der Waals surface area (Å²) < 4.78 is 4.86. The summed E-state index contributed by atoms with van der Waals surface area (Å²) >= 11 is 0.934. The third kappa shape index (κ3) is 24.4. The molecule has 13 atom stereocenters. The first kappa shape index (κ1) is 84.7. The van der Waals surface area contributed by atoms with Gasteiger partial charge in [-0.25, -0.2) is 0 Å². The van der Waals surface area contributed by atoms with Crippen LogP contribution in [0.5, 0.6) is 0 Å². The molecule has 0 aromatic heterocycles. The summed E-state index contributed by atoms with van der Waals surface area (Å²) in [5, 5.41) is 34.4. The zero-order valence-corrected chi connectivity index (χ0v) is 61.3. The number of rotatable bonds is 19. The van der Waals surface area contributed by atoms with Crippen LogP contribution in [0.25, 0.3) is 0 Å². The lowest BCUT2D eigenvalue weighted by Crippen LogP contribution is -2.64. The number of aliphatic hydroxyl groups is 2. The third-order valence-electron chi connectivity index (χ3n) is 17.1. The highest BCUT2D eigenvalue weighted by atomic mass is 32.2. The fourth-order valence-corrected chi connectivity index (χ4v) is 12.3. The number of amides is 11. The molecule has 0 bridgehead atoms. The Morgan fingerprint density at radius 1 is 0.538 bits per heavy atom. The lowest BCUT2D eigenvalue weighted by molar-refractivity contribution is -0.157. The SMILES string of the molecule is C/C=C/C[C@@H](C)[C@@H](O)[C@H]1C(=O)N[C@@H](CC)C(=O)N(C)[C@H](CSCC(=O)OC)C(=O)N(C)[C@@H](CC(C)(C)O)C(=O)N[C@@H](C(C)C)C(=O)N(C)[C@@H](CC(C)C)C(=O)N[C@@H](C)C(=O)N[C@H](C)C(=O)N(C)[C@@H](CC(C)C)C(=O)N(C)[C@@H](CC(C)C)C(=O)N(C)[C@@H](C(C)C)C(=O)N1C. The van der Waals surface area contributed by atoms with Crippen molar-refractivity contribution in [2.24, 2.45) is 35.5 Å². The topological polar surface area (TPSA) is 325 Å². The number of likely N-dealkylation sites (N-methyl/N-ethyl adjacent to an activating group) is 7. The second kappa shape index (κ2) is 38.3. The van der Waals surface area contributed by atoms with Crippen LogP contribution in [0.3, 0.4) is 0 Å². The summed E-state index contributed by atoms with van der Waals surface area (Å²) in [5.74, 6) is -12.2. The van der Waals surface area contributed by atoms with Crippen molar-refractivity contribution in [2.45, 2.75) is 234 Å². The van der Waals surface area contributed by atoms with E-state index in [2.05, 4.69) is 21.3 Å². The zero-order valence-electron chi connectivity index (χ0n) is 60.4. The van der Waals surface area contributed by atoms with Crippen LogP contribution in [-0.4, -0.2) is 262 Å². The number of esters is 1. The van der Waals surface area contributed by atoms with Crippen LogP contribution in [0.2, 0.25) is 0 Å². The largest absolute Gasteiger partial charge is 0.468 e. The number of nitrogens with zero attached hydrogens (tertiary/aromatic N) is 7. The van der Waals surface area contributed by atoms with E-state index < -0.39 is 173 Å². The number of aliphatic hydroxyl groups excluding tert-OH is 1. The number of allylic oxidation sites excluding steroid dienone is 2. The molecule has 0 aliphatic carbocycles. The number of hydrogen-bond acceptors (Lipinski definition) is 16. The number of thioether (sulfide) groups is 1. The number of carbonyl (C=O) groups excluding carboxylic acids is 12. The molecule has 1 fully saturated rings. The molecule has 532 valence electrons. The van der Waals surface area contributed by atoms with Crippen LogP contribution in [0, 0.1) is 35.5 Å². The minimum atomic E-state index is -1.71. The molecule has 6 N–H and O–H groups in total. The van der Waals surface area contributed by atoms with Gasteiger partial charge in [-0.1, -0.05) is 95.2 Å². The van der Waals surface area contributed by atoms with Crippen LogP contribution in [0.15, 0.2) is 12.2 Å². The second-order valence-corrected chi connectivity index (χ2v) is 28.8. The first-order valence-electron chi connectivity index (χ1n) is 32.6. The Labute approximate surface area is 558 Å². The second-order valence-electron chi connectivity index (χ2n) is 27.8. The zero-order chi connectivity index (χ0) is 72.2. The van der Waals surface area contributed by atoms with Gasteiger partial charge in [0.05, 0.1) is 24.6 Å². The Balaban J connectivity index is 4.58. The van der Waals surface area contributed by atoms with Gasteiger partial charge in [0.1, 0.15) is 66.5 Å². The van der Waals surface area contributed by atoms with E-state index in [-0.39, 0.29) is 61.4 Å². The molecule has 1 saturated heterocycles. The molecular weight excluding hydrogens is 1220 g/mol. The quantitative estimate of drug-likeness (QED) is 0.0800. The fourth-order valence-electron chi connectivity index (χ4n) is 11.3. The lowest BCUT2D eigenvalue weighted by atomic mass is 9.91. The first-order valence-corrected chi connectivity index (χ1v) is 33.8. The van der Waals surface area contributed by atoms with Crippen molar-refractivity contribution in [1.29, 1.82) is 0 Å². The molecule has 1 aliphatic rings. The number of methoxy groups -OCH3 is 1. The Hall–Kier alpha value is -6.35. The molecular formula is C66H117N11O15S. The molecule has 0 unspecified atom stereocenters. The Bertz CT molecular complexity index is 2600. The highest BCUT2D eigenvalue weighted by molar-refractivity contribution is 8.00. The standard InChI is InChI=1S/C66H117N11O15S/c1-26-28-29-41(13)54(79)53-58(83)69-44(27-2)60(85)75(22)49(34-93-35-50(78)92-25)63(88)74(21)48(33-66(16,17)91)57(82)70-51(39(9)10)64(89)71(18)45(30-36(3)4)56(81)67-42(14)55(80)68-43(15)59(84)72(19)46(31-37(5)6)61(86)73(20)47(32-38(7)8)62(87)76(23)52(40(11)12)65(90)77(53)24/h26,28,36-49,51-54,79,91H,27,29-35H2,1-25H3,(H,67,81)(H,68,80)(H,69,83)(H,70,82)/b28-26+/t41-,42+,43-,44+,45+,46+,47+,48+,49-,51+,52+,53+,54-/m1/s1. The fraction of sp³-hybridized carbons (Fsp3) is 0.788. The van der Waals surface area contributed by atoms with E-state index in [9.17, 15) is 39.0 Å². The Morgan fingerprint density at radius 3 is 1.43 bits per heavy atom. The Kier molecular flexibility index (Phi) is 34.8. The van der Waals surface area contributed by atoms with Crippen molar-refractivity contribution in [1.82, 2.24) is 55.6 Å². The van der Waals surface area contributed by atoms with Crippen molar-refractivity contribution in [2.75, 3.05) is 67.9 Å². The molecule has 0 radical (unpaired) electrons. The van der Waals surface area contributed by atoms with E-state index >= 15 is 28.8 Å². The molecule has 93 heavy (non-hydrogen) atoms. The average molecular weight is 1340 g/mol. The molecule has 1 rings (SSSR count). The van der Waals surface area contributed by atoms with Gasteiger partial charge in [-0.2, -0.15) is 0 Å². The van der Waals surface area contributed by atoms with Gasteiger partial charge in [0.15, 0.2) is 0 Å². The van der Waals surface area contributed by atoms with Crippen molar-refractivity contribution in [3.63, 3.8) is 0 Å². The van der Waals surface area contributed by atoms with E-state index in [0.717, 1.165) is 26.5 Å². The van der Waals surface area contributed by atoms with Gasteiger partial charge < -0.3 is 70.5 Å². The predicted molar refractivity (Wildman–Crippen MR) is 358 cm³/mol. The summed E-state index contributed by atoms with van der Waals surface area (Å²) in [6.45, 7) is 28.5. The molecule has 26 nitrogen and oxygen atoms in total. The molecule has 0 spiro atoms. The number of hydrogen-bond donors (Lipinski definition) is 6. The minimum Gasteiger partial charge on any atom is -0.468 e. The molecule has 0 aromatic carbocycles. The minimum absolute atomic E-state index is 0.0926. The van der Waals surface area contributed by atoms with E-state index in [1.54, 1.807) is 60.6 Å². The third-order valence-corrected chi connectivity index (χ3v) is 18.1. The van der Waals surface area contributed by atoms with E-state index in [0.29, 0.717) is 0 Å². The smallest absolute Gasteiger partial charge is 0.315 e. The van der Waals surface area contributed by atoms with E-state index in [4.69, 9.17) is 4.74 Å². The molecule has 1 heterocycles.